The van der Waals surface area contributed by atoms with Crippen LogP contribution >= 0.6 is 0 Å². The van der Waals surface area contributed by atoms with Gasteiger partial charge in [-0.25, -0.2) is 9.67 Å². The van der Waals surface area contributed by atoms with E-state index in [0.29, 0.717) is 18.2 Å². The van der Waals surface area contributed by atoms with E-state index in [2.05, 4.69) is 25.3 Å². The molecule has 1 aliphatic rings. The summed E-state index contributed by atoms with van der Waals surface area (Å²) in [6, 6.07) is 4.72. The minimum atomic E-state index is -0.315. The van der Waals surface area contributed by atoms with Crippen LogP contribution in [0.15, 0.2) is 29.2 Å². The minimum Gasteiger partial charge on any atom is -0.476 e. The number of carbonyl (C=O) groups is 1. The molecule has 3 heterocycles. The first-order chi connectivity index (χ1) is 12.6. The van der Waals surface area contributed by atoms with E-state index in [4.69, 9.17) is 4.74 Å². The molecule has 0 radical (unpaired) electrons. The van der Waals surface area contributed by atoms with Gasteiger partial charge in [-0.05, 0) is 25.8 Å². The largest absolute Gasteiger partial charge is 0.476 e. The monoisotopic (exact) mass is 358 g/mol. The van der Waals surface area contributed by atoms with Crippen LogP contribution in [0.2, 0.25) is 0 Å². The lowest BCUT2D eigenvalue weighted by Gasteiger charge is -2.17. The topological polar surface area (TPSA) is 102 Å². The third-order valence-electron chi connectivity index (χ3n) is 3.98. The Bertz CT molecular complexity index is 816. The quantitative estimate of drug-likeness (QED) is 0.702. The molecule has 138 valence electrons. The van der Waals surface area contributed by atoms with Gasteiger partial charge in [0.25, 0.3) is 5.56 Å². The Labute approximate surface area is 151 Å². The molecule has 2 aromatic rings. The number of hydrogen-bond donors (Lipinski definition) is 1. The number of nitrogens with one attached hydrogen (secondary N) is 1. The van der Waals surface area contributed by atoms with Crippen molar-refractivity contribution in [2.45, 2.75) is 26.3 Å². The molecule has 3 rings (SSSR count). The third-order valence-corrected chi connectivity index (χ3v) is 3.98. The smallest absolute Gasteiger partial charge is 0.267 e. The number of amides is 1. The summed E-state index contributed by atoms with van der Waals surface area (Å²) in [6.45, 7) is 4.29. The second kappa shape index (κ2) is 8.41. The van der Waals surface area contributed by atoms with Gasteiger partial charge in [0.15, 0.2) is 0 Å². The van der Waals surface area contributed by atoms with E-state index in [1.807, 2.05) is 13.0 Å². The maximum absolute atomic E-state index is 11.9. The zero-order chi connectivity index (χ0) is 18.4. The number of aryl methyl sites for hydroxylation is 1. The molecule has 0 aromatic carbocycles. The molecule has 9 nitrogen and oxygen atoms in total. The molecule has 1 fully saturated rings. The Kier molecular flexibility index (Phi) is 5.77. The van der Waals surface area contributed by atoms with Gasteiger partial charge in [0.05, 0.1) is 6.54 Å². The van der Waals surface area contributed by atoms with Crippen molar-refractivity contribution in [3.8, 4) is 5.88 Å². The van der Waals surface area contributed by atoms with Crippen LogP contribution in [0.3, 0.4) is 0 Å². The summed E-state index contributed by atoms with van der Waals surface area (Å²) in [7, 11) is 0. The molecule has 1 aliphatic heterocycles. The van der Waals surface area contributed by atoms with E-state index in [9.17, 15) is 9.59 Å². The van der Waals surface area contributed by atoms with Gasteiger partial charge in [-0.3, -0.25) is 9.59 Å². The van der Waals surface area contributed by atoms with Crippen LogP contribution in [0.25, 0.3) is 0 Å². The van der Waals surface area contributed by atoms with Crippen molar-refractivity contribution < 1.29 is 9.53 Å². The number of aromatic nitrogens is 4. The SMILES string of the molecule is Cc1nc(OCCNC(=O)Cn2ncccc2=O)cc(N2CCCC2)n1. The molecule has 0 saturated carbocycles. The molecular formula is C17H22N6O3. The van der Waals surface area contributed by atoms with Gasteiger partial charge in [-0.15, -0.1) is 0 Å². The fourth-order valence-electron chi connectivity index (χ4n) is 2.75. The molecule has 0 atom stereocenters. The highest BCUT2D eigenvalue weighted by atomic mass is 16.5. The van der Waals surface area contributed by atoms with Crippen LogP contribution in [0.4, 0.5) is 5.82 Å². The van der Waals surface area contributed by atoms with Crippen LogP contribution in [0.5, 0.6) is 5.88 Å². The zero-order valence-electron chi connectivity index (χ0n) is 14.7. The first-order valence-corrected chi connectivity index (χ1v) is 8.64. The average Bonchev–Trinajstić information content (AvgIpc) is 3.15. The highest BCUT2D eigenvalue weighted by molar-refractivity contribution is 5.75. The number of carbonyl (C=O) groups excluding carboxylic acids is 1. The van der Waals surface area contributed by atoms with Crippen LogP contribution < -0.4 is 20.5 Å². The van der Waals surface area contributed by atoms with Crippen molar-refractivity contribution in [2.24, 2.45) is 0 Å². The number of rotatable bonds is 7. The summed E-state index contributed by atoms with van der Waals surface area (Å²) in [5.74, 6) is 1.73. The van der Waals surface area contributed by atoms with Crippen LogP contribution in [-0.4, -0.2) is 51.9 Å². The molecule has 9 heteroatoms. The van der Waals surface area contributed by atoms with Crippen molar-refractivity contribution in [1.82, 2.24) is 25.1 Å². The lowest BCUT2D eigenvalue weighted by atomic mass is 10.4. The molecule has 1 saturated heterocycles. The van der Waals surface area contributed by atoms with E-state index in [1.54, 1.807) is 0 Å². The van der Waals surface area contributed by atoms with Crippen molar-refractivity contribution in [1.29, 1.82) is 0 Å². The van der Waals surface area contributed by atoms with Gasteiger partial charge in [0, 0.05) is 31.4 Å². The normalized spacial score (nSPS) is 13.7. The van der Waals surface area contributed by atoms with Gasteiger partial charge < -0.3 is 15.0 Å². The molecule has 26 heavy (non-hydrogen) atoms. The van der Waals surface area contributed by atoms with E-state index >= 15 is 0 Å². The summed E-state index contributed by atoms with van der Waals surface area (Å²) in [5, 5.41) is 6.54. The van der Waals surface area contributed by atoms with Crippen molar-refractivity contribution >= 4 is 11.7 Å². The Balaban J connectivity index is 1.47. The summed E-state index contributed by atoms with van der Waals surface area (Å²) in [4.78, 5) is 34.3. The zero-order valence-corrected chi connectivity index (χ0v) is 14.7. The van der Waals surface area contributed by atoms with Crippen LogP contribution in [0, 0.1) is 6.92 Å². The van der Waals surface area contributed by atoms with Gasteiger partial charge in [-0.1, -0.05) is 0 Å². The minimum absolute atomic E-state index is 0.120. The Hall–Kier alpha value is -2.97. The van der Waals surface area contributed by atoms with E-state index in [-0.39, 0.29) is 24.6 Å². The number of hydrogen-bond acceptors (Lipinski definition) is 7. The second-order valence-electron chi connectivity index (χ2n) is 6.02. The molecule has 2 aromatic heterocycles. The summed E-state index contributed by atoms with van der Waals surface area (Å²) < 4.78 is 6.74. The Morgan fingerprint density at radius 1 is 1.31 bits per heavy atom. The summed E-state index contributed by atoms with van der Waals surface area (Å²) in [6.07, 6.45) is 3.81. The molecule has 0 aliphatic carbocycles. The fraction of sp³-hybridized carbons (Fsp3) is 0.471. The first-order valence-electron chi connectivity index (χ1n) is 8.64. The number of anilines is 1. The fourth-order valence-corrected chi connectivity index (χ4v) is 2.75. The van der Waals surface area contributed by atoms with Crippen LogP contribution in [0.1, 0.15) is 18.7 Å². The number of nitrogens with zero attached hydrogens (tertiary/aromatic N) is 5. The molecule has 1 N–H and O–H groups in total. The van der Waals surface area contributed by atoms with Crippen LogP contribution in [-0.2, 0) is 11.3 Å². The van der Waals surface area contributed by atoms with E-state index < -0.39 is 0 Å². The Morgan fingerprint density at radius 3 is 2.88 bits per heavy atom. The Morgan fingerprint density at radius 2 is 2.12 bits per heavy atom. The highest BCUT2D eigenvalue weighted by Gasteiger charge is 2.15. The van der Waals surface area contributed by atoms with Gasteiger partial charge in [0.2, 0.25) is 11.8 Å². The molecule has 1 amide bonds. The lowest BCUT2D eigenvalue weighted by Crippen LogP contribution is -2.35. The van der Waals surface area contributed by atoms with E-state index in [0.717, 1.165) is 23.6 Å². The second-order valence-corrected chi connectivity index (χ2v) is 6.02. The molecule has 0 unspecified atom stereocenters. The van der Waals surface area contributed by atoms with Gasteiger partial charge in [-0.2, -0.15) is 10.1 Å². The molecule has 0 spiro atoms. The highest BCUT2D eigenvalue weighted by Crippen LogP contribution is 2.21. The van der Waals surface area contributed by atoms with Gasteiger partial charge >= 0.3 is 0 Å². The maximum Gasteiger partial charge on any atom is 0.267 e. The van der Waals surface area contributed by atoms with Crippen molar-refractivity contribution in [2.75, 3.05) is 31.1 Å². The van der Waals surface area contributed by atoms with Gasteiger partial charge in [0.1, 0.15) is 24.8 Å². The molecular weight excluding hydrogens is 336 g/mol. The molecule has 0 bridgehead atoms. The average molecular weight is 358 g/mol. The lowest BCUT2D eigenvalue weighted by molar-refractivity contribution is -0.122. The van der Waals surface area contributed by atoms with Crippen molar-refractivity contribution in [3.05, 3.63) is 40.6 Å². The first kappa shape index (κ1) is 17.8. The maximum atomic E-state index is 11.9. The third kappa shape index (κ3) is 4.78. The predicted molar refractivity (Wildman–Crippen MR) is 95.2 cm³/mol. The summed E-state index contributed by atoms with van der Waals surface area (Å²) in [5.41, 5.74) is -0.315. The van der Waals surface area contributed by atoms with Crippen molar-refractivity contribution in [3.63, 3.8) is 0 Å². The standard InChI is InChI=1S/C17H22N6O3/c1-13-20-14(22-8-2-3-9-22)11-16(21-13)26-10-7-18-15(24)12-23-17(25)5-4-6-19-23/h4-6,11H,2-3,7-10,12H2,1H3,(H,18,24). The van der Waals surface area contributed by atoms with E-state index in [1.165, 1.54) is 31.2 Å². The summed E-state index contributed by atoms with van der Waals surface area (Å²) >= 11 is 0. The predicted octanol–water partition coefficient (Wildman–Crippen LogP) is 0.137. The number of ether oxygens (including phenoxy) is 1.